The summed E-state index contributed by atoms with van der Waals surface area (Å²) in [6.07, 6.45) is -0.524. The maximum Gasteiger partial charge on any atom is 0.695 e. The summed E-state index contributed by atoms with van der Waals surface area (Å²) in [5.74, 6) is -1.58. The van der Waals surface area contributed by atoms with Gasteiger partial charge in [-0.3, -0.25) is 4.57 Å². The van der Waals surface area contributed by atoms with Gasteiger partial charge in [-0.25, -0.2) is 4.79 Å². The fraction of sp³-hybridized carbons (Fsp3) is 0.600. The van der Waals surface area contributed by atoms with E-state index in [1.54, 1.807) is 0 Å². The van der Waals surface area contributed by atoms with Crippen LogP contribution in [0.15, 0.2) is 17.1 Å². The second-order valence-corrected chi connectivity index (χ2v) is 5.04. The summed E-state index contributed by atoms with van der Waals surface area (Å²) in [5, 5.41) is 9.45. The molecule has 11 heteroatoms. The number of aromatic nitrogens is 2. The second kappa shape index (κ2) is 6.14. The first-order valence-electron chi connectivity index (χ1n) is 5.93. The maximum atomic E-state index is 11.8. The molecule has 0 spiro atoms. The summed E-state index contributed by atoms with van der Waals surface area (Å²) in [4.78, 5) is 24.2. The topological polar surface area (TPSA) is 146 Å². The fourth-order valence-electron chi connectivity index (χ4n) is 2.15. The third-order valence-corrected chi connectivity index (χ3v) is 3.62. The second-order valence-electron chi connectivity index (χ2n) is 4.36. The third kappa shape index (κ3) is 3.10. The molecule has 0 bridgehead atoms. The van der Waals surface area contributed by atoms with Gasteiger partial charge in [-0.1, -0.05) is 0 Å². The van der Waals surface area contributed by atoms with Crippen molar-refractivity contribution in [2.75, 3.05) is 19.5 Å². The van der Waals surface area contributed by atoms with Crippen molar-refractivity contribution in [1.29, 1.82) is 0 Å². The monoisotopic (exact) mass is 320 g/mol. The van der Waals surface area contributed by atoms with E-state index in [0.717, 1.165) is 4.57 Å². The minimum atomic E-state index is -2.93. The zero-order chi connectivity index (χ0) is 15.6. The van der Waals surface area contributed by atoms with Gasteiger partial charge in [0.1, 0.15) is 18.7 Å². The van der Waals surface area contributed by atoms with Crippen LogP contribution in [0, 0.1) is 0 Å². The van der Waals surface area contributed by atoms with Gasteiger partial charge >= 0.3 is 13.9 Å². The number of rotatable bonds is 5. The van der Waals surface area contributed by atoms with Crippen molar-refractivity contribution in [3.8, 4) is 0 Å². The predicted octanol–water partition coefficient (Wildman–Crippen LogP) is -0.886. The number of nitrogens with zero attached hydrogens (tertiary/aromatic N) is 2. The van der Waals surface area contributed by atoms with Gasteiger partial charge in [-0.2, -0.15) is 4.98 Å². The summed E-state index contributed by atoms with van der Waals surface area (Å²) < 4.78 is 27.4. The van der Waals surface area contributed by atoms with Crippen molar-refractivity contribution in [2.45, 2.75) is 24.5 Å². The van der Waals surface area contributed by atoms with Gasteiger partial charge in [0.05, 0.1) is 0 Å². The minimum absolute atomic E-state index is 0.0154. The highest BCUT2D eigenvalue weighted by Gasteiger charge is 2.54. The average Bonchev–Trinajstić information content (AvgIpc) is 2.77. The van der Waals surface area contributed by atoms with Crippen LogP contribution in [0.1, 0.15) is 12.6 Å². The Hall–Kier alpha value is -1.42. The quantitative estimate of drug-likeness (QED) is 0.588. The molecule has 1 fully saturated rings. The number of hydrogen-bond donors (Lipinski definition) is 3. The number of methoxy groups -OCH3 is 1. The molecule has 1 aliphatic rings. The summed E-state index contributed by atoms with van der Waals surface area (Å²) in [6, 6.07) is 1.40. The van der Waals surface area contributed by atoms with Crippen LogP contribution in [0.2, 0.25) is 0 Å². The Balaban J connectivity index is 2.32. The van der Waals surface area contributed by atoms with E-state index in [2.05, 4.69) is 4.98 Å². The molecule has 10 nitrogen and oxygen atoms in total. The molecule has 1 aliphatic heterocycles. The van der Waals surface area contributed by atoms with Crippen LogP contribution in [0.5, 0.6) is 0 Å². The molecular weight excluding hydrogens is 305 g/mol. The molecule has 0 amide bonds. The number of hydrogen-bond acceptors (Lipinski definition) is 8. The normalized spacial score (nSPS) is 29.6. The van der Waals surface area contributed by atoms with Gasteiger partial charge < -0.3 is 20.3 Å². The largest absolute Gasteiger partial charge is 0.695 e. The SMILES string of the molecule is CO[C@]1(CO)O[C@@H](n2ccc(N)nc2=O)C[C@H]1O[P+](=O)O. The molecule has 1 saturated heterocycles. The van der Waals surface area contributed by atoms with Crippen LogP contribution in [0.25, 0.3) is 0 Å². The van der Waals surface area contributed by atoms with Crippen LogP contribution in [-0.4, -0.2) is 45.2 Å². The molecule has 0 aliphatic carbocycles. The Labute approximate surface area is 120 Å². The highest BCUT2D eigenvalue weighted by molar-refractivity contribution is 7.32. The van der Waals surface area contributed by atoms with Crippen LogP contribution < -0.4 is 11.4 Å². The van der Waals surface area contributed by atoms with E-state index in [1.165, 1.54) is 19.4 Å². The van der Waals surface area contributed by atoms with Gasteiger partial charge in [0.15, 0.2) is 6.10 Å². The lowest BCUT2D eigenvalue weighted by Crippen LogP contribution is -2.45. The molecule has 0 saturated carbocycles. The molecule has 2 rings (SSSR count). The van der Waals surface area contributed by atoms with Crippen molar-refractivity contribution in [1.82, 2.24) is 9.55 Å². The summed E-state index contributed by atoms with van der Waals surface area (Å²) in [7, 11) is -1.67. The fourth-order valence-corrected chi connectivity index (χ4v) is 2.61. The number of anilines is 1. The van der Waals surface area contributed by atoms with E-state index in [4.69, 9.17) is 24.6 Å². The van der Waals surface area contributed by atoms with Crippen molar-refractivity contribution in [3.63, 3.8) is 0 Å². The van der Waals surface area contributed by atoms with Crippen LogP contribution in [0.4, 0.5) is 5.82 Å². The molecule has 1 aromatic rings. The summed E-state index contributed by atoms with van der Waals surface area (Å²) >= 11 is 0. The Morgan fingerprint density at radius 1 is 1.71 bits per heavy atom. The van der Waals surface area contributed by atoms with Crippen LogP contribution in [0.3, 0.4) is 0 Å². The number of aliphatic hydroxyl groups is 1. The zero-order valence-electron chi connectivity index (χ0n) is 11.1. The molecule has 0 aromatic carbocycles. The first-order chi connectivity index (χ1) is 9.91. The first-order valence-corrected chi connectivity index (χ1v) is 7.06. The van der Waals surface area contributed by atoms with Gasteiger partial charge in [-0.05, 0) is 6.07 Å². The Kier molecular flexibility index (Phi) is 4.67. The molecule has 4 N–H and O–H groups in total. The lowest BCUT2D eigenvalue weighted by atomic mass is 10.1. The standard InChI is InChI=1S/C10H14N3O7P/c1-18-10(5-14)6(20-21(16)17)4-8(19-10)13-3-2-7(11)12-9(13)15/h2-3,6,8,14H,4-5H2,1H3,(H2-,11,12,15,16,17)/p+1/t6-,8-,10-/m1/s1. The van der Waals surface area contributed by atoms with E-state index >= 15 is 0 Å². The molecule has 21 heavy (non-hydrogen) atoms. The smallest absolute Gasteiger partial charge is 0.391 e. The molecule has 4 atom stereocenters. The minimum Gasteiger partial charge on any atom is -0.391 e. The van der Waals surface area contributed by atoms with Gasteiger partial charge in [0.2, 0.25) is 5.79 Å². The highest BCUT2D eigenvalue weighted by Crippen LogP contribution is 2.41. The van der Waals surface area contributed by atoms with E-state index in [1.807, 2.05) is 0 Å². The van der Waals surface area contributed by atoms with Crippen LogP contribution in [-0.2, 0) is 18.6 Å². The molecule has 116 valence electrons. The van der Waals surface area contributed by atoms with Crippen molar-refractivity contribution < 1.29 is 28.6 Å². The summed E-state index contributed by atoms with van der Waals surface area (Å²) in [5.41, 5.74) is 4.74. The highest BCUT2D eigenvalue weighted by atomic mass is 31.1. The predicted molar refractivity (Wildman–Crippen MR) is 69.2 cm³/mol. The van der Waals surface area contributed by atoms with E-state index < -0.39 is 38.7 Å². The van der Waals surface area contributed by atoms with E-state index in [-0.39, 0.29) is 12.2 Å². The van der Waals surface area contributed by atoms with Gasteiger partial charge in [-0.15, -0.1) is 9.42 Å². The number of ether oxygens (including phenoxy) is 2. The first kappa shape index (κ1) is 16.0. The average molecular weight is 320 g/mol. The van der Waals surface area contributed by atoms with Crippen molar-refractivity contribution in [2.24, 2.45) is 0 Å². The molecule has 1 unspecified atom stereocenters. The van der Waals surface area contributed by atoms with Gasteiger partial charge in [0.25, 0.3) is 0 Å². The number of nitrogens with two attached hydrogens (primary N) is 1. The molecular formula is C10H15N3O7P+. The lowest BCUT2D eigenvalue weighted by molar-refractivity contribution is -0.266. The van der Waals surface area contributed by atoms with Crippen LogP contribution >= 0.6 is 8.25 Å². The van der Waals surface area contributed by atoms with E-state index in [9.17, 15) is 14.5 Å². The van der Waals surface area contributed by atoms with Crippen molar-refractivity contribution in [3.05, 3.63) is 22.7 Å². The number of aliphatic hydroxyl groups excluding tert-OH is 1. The molecule has 1 aromatic heterocycles. The zero-order valence-corrected chi connectivity index (χ0v) is 12.0. The third-order valence-electron chi connectivity index (χ3n) is 3.19. The lowest BCUT2D eigenvalue weighted by Gasteiger charge is -2.27. The number of nitrogen functional groups attached to an aromatic ring is 1. The van der Waals surface area contributed by atoms with E-state index in [0.29, 0.717) is 0 Å². The summed E-state index contributed by atoms with van der Waals surface area (Å²) in [6.45, 7) is -0.620. The Morgan fingerprint density at radius 3 is 2.95 bits per heavy atom. The maximum absolute atomic E-state index is 11.8. The Bertz CT molecular complexity index is 588. The molecule has 2 heterocycles. The Morgan fingerprint density at radius 2 is 2.43 bits per heavy atom. The molecule has 0 radical (unpaired) electrons. The van der Waals surface area contributed by atoms with Crippen molar-refractivity contribution >= 4 is 14.1 Å². The van der Waals surface area contributed by atoms with Gasteiger partial charge in [0, 0.05) is 24.3 Å².